The van der Waals surface area contributed by atoms with E-state index in [2.05, 4.69) is 25.4 Å². The summed E-state index contributed by atoms with van der Waals surface area (Å²) in [6, 6.07) is 7.56. The topological polar surface area (TPSA) is 125 Å². The van der Waals surface area contributed by atoms with Crippen molar-refractivity contribution in [3.05, 3.63) is 61.2 Å². The summed E-state index contributed by atoms with van der Waals surface area (Å²) in [6.07, 6.45) is 6.07. The molecule has 0 aliphatic carbocycles. The van der Waals surface area contributed by atoms with E-state index in [0.29, 0.717) is 44.3 Å². The van der Waals surface area contributed by atoms with Crippen LogP contribution in [0.5, 0.6) is 0 Å². The normalized spacial score (nSPS) is 26.6. The number of unbranched alkanes of at least 4 members (excludes halogenated alkanes) is 1. The van der Waals surface area contributed by atoms with Crippen molar-refractivity contribution >= 4 is 23.7 Å². The Bertz CT molecular complexity index is 1260. The summed E-state index contributed by atoms with van der Waals surface area (Å²) in [4.78, 5) is 58.9. The first-order valence-corrected chi connectivity index (χ1v) is 16.8. The zero-order valence-electron chi connectivity index (χ0n) is 27.6. The summed E-state index contributed by atoms with van der Waals surface area (Å²) in [6.45, 7) is 14.1. The fraction of sp³-hybridized carbons (Fsp3) is 0.611. The molecule has 2 N–H and O–H groups in total. The second kappa shape index (κ2) is 15.9. The molecule has 1 spiro atoms. The van der Waals surface area contributed by atoms with Crippen LogP contribution in [0.25, 0.3) is 0 Å². The Morgan fingerprint density at radius 2 is 1.96 bits per heavy atom. The van der Waals surface area contributed by atoms with Crippen molar-refractivity contribution in [3.63, 3.8) is 0 Å². The number of likely N-dealkylation sites (tertiary alicyclic amines) is 1. The maximum atomic E-state index is 14.6. The minimum Gasteiger partial charge on any atom is -0.455 e. The van der Waals surface area contributed by atoms with Crippen LogP contribution in [0, 0.1) is 17.8 Å². The van der Waals surface area contributed by atoms with Crippen molar-refractivity contribution in [2.75, 3.05) is 26.2 Å². The number of hydrogen-bond acceptors (Lipinski definition) is 7. The molecule has 3 aliphatic heterocycles. The second-order valence-electron chi connectivity index (χ2n) is 12.8. The van der Waals surface area contributed by atoms with Crippen LogP contribution in [0.4, 0.5) is 0 Å². The number of allylic oxidation sites excluding steroid dienone is 1. The van der Waals surface area contributed by atoms with Gasteiger partial charge in [-0.1, -0.05) is 76.1 Å². The number of ether oxygens (including phenoxy) is 2. The van der Waals surface area contributed by atoms with E-state index in [9.17, 15) is 24.3 Å². The molecular weight excluding hydrogens is 586 g/mol. The largest absolute Gasteiger partial charge is 0.455 e. The van der Waals surface area contributed by atoms with Gasteiger partial charge in [0.1, 0.15) is 17.7 Å². The van der Waals surface area contributed by atoms with Crippen molar-refractivity contribution in [2.24, 2.45) is 17.8 Å². The Balaban J connectivity index is 1.68. The molecule has 0 saturated carbocycles. The third kappa shape index (κ3) is 6.93. The Hall–Kier alpha value is -3.50. The Morgan fingerprint density at radius 1 is 1.22 bits per heavy atom. The van der Waals surface area contributed by atoms with E-state index < -0.39 is 47.7 Å². The molecule has 3 amide bonds. The molecular formula is C36H51N3O7. The van der Waals surface area contributed by atoms with Gasteiger partial charge in [0.2, 0.25) is 17.7 Å². The van der Waals surface area contributed by atoms with Gasteiger partial charge in [-0.2, -0.15) is 0 Å². The quantitative estimate of drug-likeness (QED) is 0.185. The summed E-state index contributed by atoms with van der Waals surface area (Å²) in [7, 11) is 0. The molecule has 252 valence electrons. The molecule has 4 rings (SSSR count). The Labute approximate surface area is 273 Å². The first-order valence-electron chi connectivity index (χ1n) is 16.8. The minimum atomic E-state index is -1.21. The molecule has 3 heterocycles. The smallest absolute Gasteiger partial charge is 0.313 e. The van der Waals surface area contributed by atoms with Crippen molar-refractivity contribution < 1.29 is 33.8 Å². The van der Waals surface area contributed by atoms with Gasteiger partial charge in [-0.25, -0.2) is 0 Å². The number of hydrogen-bond donors (Lipinski definition) is 2. The van der Waals surface area contributed by atoms with E-state index in [1.165, 1.54) is 0 Å². The monoisotopic (exact) mass is 637 g/mol. The molecule has 10 nitrogen and oxygen atoms in total. The van der Waals surface area contributed by atoms with Gasteiger partial charge in [-0.15, -0.1) is 13.2 Å². The predicted molar refractivity (Wildman–Crippen MR) is 174 cm³/mol. The molecule has 1 aromatic carbocycles. The van der Waals surface area contributed by atoms with E-state index in [4.69, 9.17) is 9.47 Å². The molecule has 3 aliphatic rings. The van der Waals surface area contributed by atoms with Crippen LogP contribution < -0.4 is 5.32 Å². The molecule has 3 fully saturated rings. The number of rotatable bonds is 18. The lowest BCUT2D eigenvalue weighted by Crippen LogP contribution is -2.59. The fourth-order valence-electron chi connectivity index (χ4n) is 7.42. The van der Waals surface area contributed by atoms with Gasteiger partial charge >= 0.3 is 5.97 Å². The van der Waals surface area contributed by atoms with Crippen molar-refractivity contribution in [1.82, 2.24) is 15.1 Å². The van der Waals surface area contributed by atoms with Gasteiger partial charge in [0.05, 0.1) is 37.1 Å². The van der Waals surface area contributed by atoms with Gasteiger partial charge < -0.3 is 29.7 Å². The maximum absolute atomic E-state index is 14.6. The van der Waals surface area contributed by atoms with E-state index >= 15 is 0 Å². The molecule has 8 atom stereocenters. The standard InChI is InChI=1S/C36H51N3O7/c1-6-10-17-29(41)37-22-28(25-15-13-12-14-16-25)45-35(44)30-27-18-19-36(46-27)31(30)33(42)39(26(23-40)24(5)9-4)32(36)34(43)38(20-8-3)21-11-7-2/h6,8,12-16,24,26-28,30-32,40H,1,3,7,9-11,17-23H2,2,4-5H3,(H,37,41)/t24-,26-,27+,28-,30-,31-,32+,36-/m0/s1. The third-order valence-electron chi connectivity index (χ3n) is 10.0. The zero-order chi connectivity index (χ0) is 33.4. The number of carbonyl (C=O) groups is 4. The van der Waals surface area contributed by atoms with Crippen LogP contribution in [0.1, 0.15) is 77.4 Å². The second-order valence-corrected chi connectivity index (χ2v) is 12.8. The molecule has 0 unspecified atom stereocenters. The number of esters is 1. The van der Waals surface area contributed by atoms with Crippen molar-refractivity contribution in [2.45, 2.75) is 95.6 Å². The molecule has 0 radical (unpaired) electrons. The number of aliphatic hydroxyl groups is 1. The first kappa shape index (κ1) is 35.4. The van der Waals surface area contributed by atoms with Crippen LogP contribution in [0.2, 0.25) is 0 Å². The summed E-state index contributed by atoms with van der Waals surface area (Å²) in [5, 5.41) is 13.4. The van der Waals surface area contributed by atoms with E-state index in [0.717, 1.165) is 12.8 Å². The minimum absolute atomic E-state index is 0.0650. The summed E-state index contributed by atoms with van der Waals surface area (Å²) in [5.41, 5.74) is -0.505. The molecule has 0 aromatic heterocycles. The average molecular weight is 638 g/mol. The van der Waals surface area contributed by atoms with Gasteiger partial charge in [0.15, 0.2) is 0 Å². The van der Waals surface area contributed by atoms with Crippen LogP contribution in [-0.2, 0) is 28.7 Å². The van der Waals surface area contributed by atoms with Crippen LogP contribution in [0.15, 0.2) is 55.6 Å². The maximum Gasteiger partial charge on any atom is 0.313 e. The Kier molecular flexibility index (Phi) is 12.2. The van der Waals surface area contributed by atoms with E-state index in [1.54, 1.807) is 22.0 Å². The molecule has 10 heteroatoms. The van der Waals surface area contributed by atoms with Crippen LogP contribution >= 0.6 is 0 Å². The van der Waals surface area contributed by atoms with Gasteiger partial charge in [0.25, 0.3) is 0 Å². The average Bonchev–Trinajstić information content (AvgIpc) is 3.71. The van der Waals surface area contributed by atoms with Gasteiger partial charge in [-0.05, 0) is 37.2 Å². The number of amides is 3. The molecule has 1 aromatic rings. The number of nitrogens with one attached hydrogen (secondary N) is 1. The van der Waals surface area contributed by atoms with Crippen molar-refractivity contribution in [3.8, 4) is 0 Å². The molecule has 46 heavy (non-hydrogen) atoms. The van der Waals surface area contributed by atoms with Crippen LogP contribution in [0.3, 0.4) is 0 Å². The van der Waals surface area contributed by atoms with Gasteiger partial charge in [-0.3, -0.25) is 19.2 Å². The number of fused-ring (bicyclic) bond motifs is 1. The highest BCUT2D eigenvalue weighted by molar-refractivity contribution is 5.98. The lowest BCUT2D eigenvalue weighted by Gasteiger charge is -2.41. The lowest BCUT2D eigenvalue weighted by molar-refractivity contribution is -0.161. The zero-order valence-corrected chi connectivity index (χ0v) is 27.6. The Morgan fingerprint density at radius 3 is 2.59 bits per heavy atom. The van der Waals surface area contributed by atoms with E-state index in [1.807, 2.05) is 44.2 Å². The highest BCUT2D eigenvalue weighted by Gasteiger charge is 2.75. The van der Waals surface area contributed by atoms with Gasteiger partial charge in [0, 0.05) is 19.5 Å². The molecule has 3 saturated heterocycles. The summed E-state index contributed by atoms with van der Waals surface area (Å²) < 4.78 is 12.7. The van der Waals surface area contributed by atoms with Crippen LogP contribution in [-0.4, -0.2) is 88.6 Å². The SMILES string of the molecule is C=CCCC(=O)NC[C@H](OC(=O)[C@@H]1[C@H]2C(=O)N([C@@H](CO)[C@@H](C)CC)[C@H](C(=O)N(CC=C)CCCC)[C@]23CC[C@H]1O3)c1ccccc1. The predicted octanol–water partition coefficient (Wildman–Crippen LogP) is 3.95. The van der Waals surface area contributed by atoms with E-state index in [-0.39, 0.29) is 43.2 Å². The first-order chi connectivity index (χ1) is 22.2. The number of nitrogens with zero attached hydrogens (tertiary/aromatic N) is 2. The summed E-state index contributed by atoms with van der Waals surface area (Å²) >= 11 is 0. The highest BCUT2D eigenvalue weighted by atomic mass is 16.6. The number of aliphatic hydroxyl groups excluding tert-OH is 1. The van der Waals surface area contributed by atoms with Crippen molar-refractivity contribution in [1.29, 1.82) is 0 Å². The lowest BCUT2D eigenvalue weighted by atomic mass is 9.70. The number of carbonyl (C=O) groups excluding carboxylic acids is 4. The third-order valence-corrected chi connectivity index (χ3v) is 10.0. The highest BCUT2D eigenvalue weighted by Crippen LogP contribution is 2.59. The molecule has 2 bridgehead atoms. The number of benzene rings is 1. The fourth-order valence-corrected chi connectivity index (χ4v) is 7.42. The summed E-state index contributed by atoms with van der Waals surface area (Å²) in [5.74, 6) is -3.34.